The Bertz CT molecular complexity index is 960. The molecule has 0 N–H and O–H groups in total. The standard InChI is InChI=1S/C24H30N4O2S/c1-5-20(27(3)4)22-25-26-24(28(22)17-18-13-9-7-10-14-18)31-21(23(29)30-6-2)19-15-11-8-12-16-19/h7-16,20-21H,5-6,17H2,1-4H3/t20-,21-/m0/s1. The van der Waals surface area contributed by atoms with Crippen LogP contribution in [0.1, 0.15) is 48.5 Å². The van der Waals surface area contributed by atoms with Gasteiger partial charge in [-0.15, -0.1) is 10.2 Å². The maximum absolute atomic E-state index is 12.8. The minimum Gasteiger partial charge on any atom is -0.465 e. The van der Waals surface area contributed by atoms with Crippen molar-refractivity contribution in [3.63, 3.8) is 0 Å². The Labute approximate surface area is 188 Å². The van der Waals surface area contributed by atoms with Gasteiger partial charge in [0.25, 0.3) is 0 Å². The summed E-state index contributed by atoms with van der Waals surface area (Å²) in [6.07, 6.45) is 0.907. The average molecular weight is 439 g/mol. The van der Waals surface area contributed by atoms with Crippen LogP contribution in [0.25, 0.3) is 0 Å². The van der Waals surface area contributed by atoms with Gasteiger partial charge in [0.2, 0.25) is 0 Å². The molecule has 0 amide bonds. The lowest BCUT2D eigenvalue weighted by Crippen LogP contribution is -2.23. The third-order valence-electron chi connectivity index (χ3n) is 5.06. The molecule has 0 unspecified atom stereocenters. The van der Waals surface area contributed by atoms with Crippen LogP contribution in [0.3, 0.4) is 0 Å². The number of hydrogen-bond acceptors (Lipinski definition) is 6. The number of carbonyl (C=O) groups excluding carboxylic acids is 1. The van der Waals surface area contributed by atoms with Crippen molar-refractivity contribution in [1.29, 1.82) is 0 Å². The molecule has 164 valence electrons. The number of thioether (sulfide) groups is 1. The average Bonchev–Trinajstić information content (AvgIpc) is 3.15. The molecule has 1 aromatic heterocycles. The molecule has 0 saturated carbocycles. The summed E-state index contributed by atoms with van der Waals surface area (Å²) in [7, 11) is 4.10. The van der Waals surface area contributed by atoms with Crippen LogP contribution in [-0.4, -0.2) is 46.3 Å². The van der Waals surface area contributed by atoms with Crippen LogP contribution < -0.4 is 0 Å². The van der Waals surface area contributed by atoms with E-state index in [1.807, 2.05) is 69.6 Å². The van der Waals surface area contributed by atoms with E-state index >= 15 is 0 Å². The van der Waals surface area contributed by atoms with Crippen LogP contribution in [0.5, 0.6) is 0 Å². The Balaban J connectivity index is 2.02. The van der Waals surface area contributed by atoms with Crippen LogP contribution >= 0.6 is 11.8 Å². The summed E-state index contributed by atoms with van der Waals surface area (Å²) in [6, 6.07) is 20.1. The van der Waals surface area contributed by atoms with Crippen molar-refractivity contribution in [1.82, 2.24) is 19.7 Å². The molecule has 2 aromatic carbocycles. The van der Waals surface area contributed by atoms with E-state index in [0.717, 1.165) is 23.4 Å². The summed E-state index contributed by atoms with van der Waals surface area (Å²) >= 11 is 1.39. The molecule has 31 heavy (non-hydrogen) atoms. The van der Waals surface area contributed by atoms with Crippen molar-refractivity contribution >= 4 is 17.7 Å². The van der Waals surface area contributed by atoms with E-state index in [-0.39, 0.29) is 12.0 Å². The fourth-order valence-corrected chi connectivity index (χ4v) is 4.57. The Morgan fingerprint density at radius 1 is 1.03 bits per heavy atom. The van der Waals surface area contributed by atoms with E-state index in [1.54, 1.807) is 0 Å². The molecule has 0 saturated heterocycles. The monoisotopic (exact) mass is 438 g/mol. The molecular weight excluding hydrogens is 408 g/mol. The first-order valence-corrected chi connectivity index (χ1v) is 11.4. The van der Waals surface area contributed by atoms with Gasteiger partial charge in [0.15, 0.2) is 11.0 Å². The van der Waals surface area contributed by atoms with Gasteiger partial charge in [-0.2, -0.15) is 0 Å². The van der Waals surface area contributed by atoms with Gasteiger partial charge in [0.05, 0.1) is 19.2 Å². The lowest BCUT2D eigenvalue weighted by atomic mass is 10.1. The molecule has 1 heterocycles. The number of aromatic nitrogens is 3. The first-order valence-electron chi connectivity index (χ1n) is 10.6. The predicted molar refractivity (Wildman–Crippen MR) is 124 cm³/mol. The van der Waals surface area contributed by atoms with Gasteiger partial charge in [-0.25, -0.2) is 0 Å². The summed E-state index contributed by atoms with van der Waals surface area (Å²) < 4.78 is 7.51. The summed E-state index contributed by atoms with van der Waals surface area (Å²) in [5.74, 6) is 0.628. The van der Waals surface area contributed by atoms with Gasteiger partial charge in [-0.1, -0.05) is 79.3 Å². The van der Waals surface area contributed by atoms with Crippen molar-refractivity contribution in [2.45, 2.75) is 43.3 Å². The summed E-state index contributed by atoms with van der Waals surface area (Å²) in [5, 5.41) is 9.27. The molecule has 0 radical (unpaired) electrons. The first kappa shape index (κ1) is 23.0. The minimum absolute atomic E-state index is 0.128. The molecule has 0 aliphatic heterocycles. The predicted octanol–water partition coefficient (Wildman–Crippen LogP) is 4.74. The van der Waals surface area contributed by atoms with Gasteiger partial charge < -0.3 is 9.30 Å². The van der Waals surface area contributed by atoms with Crippen molar-refractivity contribution in [2.75, 3.05) is 20.7 Å². The lowest BCUT2D eigenvalue weighted by Gasteiger charge is -2.23. The Kier molecular flexibility index (Phi) is 8.26. The second kappa shape index (κ2) is 11.1. The molecule has 0 aliphatic carbocycles. The highest BCUT2D eigenvalue weighted by atomic mass is 32.2. The Morgan fingerprint density at radius 3 is 2.26 bits per heavy atom. The minimum atomic E-state index is -0.507. The van der Waals surface area contributed by atoms with Crippen molar-refractivity contribution in [2.24, 2.45) is 0 Å². The van der Waals surface area contributed by atoms with Crippen LogP contribution in [0, 0.1) is 0 Å². The van der Waals surface area contributed by atoms with Crippen molar-refractivity contribution < 1.29 is 9.53 Å². The van der Waals surface area contributed by atoms with Crippen LogP contribution in [0.4, 0.5) is 0 Å². The zero-order valence-electron chi connectivity index (χ0n) is 18.6. The third-order valence-corrected chi connectivity index (χ3v) is 6.28. The molecule has 6 nitrogen and oxygen atoms in total. The van der Waals surface area contributed by atoms with Gasteiger partial charge in [0, 0.05) is 0 Å². The second-order valence-electron chi connectivity index (χ2n) is 7.46. The normalized spacial score (nSPS) is 13.2. The zero-order chi connectivity index (χ0) is 22.2. The van der Waals surface area contributed by atoms with E-state index in [4.69, 9.17) is 4.74 Å². The van der Waals surface area contributed by atoms with Gasteiger partial charge >= 0.3 is 5.97 Å². The molecule has 3 rings (SSSR count). The fourth-order valence-electron chi connectivity index (χ4n) is 3.53. The molecule has 2 atom stereocenters. The number of rotatable bonds is 10. The summed E-state index contributed by atoms with van der Waals surface area (Å²) in [6.45, 7) is 4.94. The van der Waals surface area contributed by atoms with E-state index in [9.17, 15) is 4.79 Å². The molecule has 0 bridgehead atoms. The van der Waals surface area contributed by atoms with E-state index in [0.29, 0.717) is 18.3 Å². The first-order chi connectivity index (χ1) is 15.0. The highest BCUT2D eigenvalue weighted by molar-refractivity contribution is 8.00. The highest BCUT2D eigenvalue weighted by Crippen LogP contribution is 2.37. The number of esters is 1. The fraction of sp³-hybridized carbons (Fsp3) is 0.375. The molecule has 0 spiro atoms. The smallest absolute Gasteiger partial charge is 0.324 e. The SMILES string of the molecule is CCOC(=O)[C@@H](Sc1nnc([C@H](CC)N(C)C)n1Cc1ccccc1)c1ccccc1. The number of ether oxygens (including phenoxy) is 1. The van der Waals surface area contributed by atoms with Gasteiger partial charge in [0.1, 0.15) is 5.25 Å². The van der Waals surface area contributed by atoms with Gasteiger partial charge in [-0.3, -0.25) is 9.69 Å². The number of nitrogens with zero attached hydrogens (tertiary/aromatic N) is 4. The molecule has 3 aromatic rings. The number of benzene rings is 2. The largest absolute Gasteiger partial charge is 0.465 e. The van der Waals surface area contributed by atoms with Gasteiger partial charge in [-0.05, 0) is 38.6 Å². The lowest BCUT2D eigenvalue weighted by molar-refractivity contribution is -0.142. The molecule has 0 fully saturated rings. The molecule has 0 aliphatic rings. The quantitative estimate of drug-likeness (QED) is 0.337. The molecular formula is C24H30N4O2S. The third kappa shape index (κ3) is 5.74. The summed E-state index contributed by atoms with van der Waals surface area (Å²) in [4.78, 5) is 15.0. The van der Waals surface area contributed by atoms with Crippen LogP contribution in [0.2, 0.25) is 0 Å². The molecule has 7 heteroatoms. The van der Waals surface area contributed by atoms with E-state index in [2.05, 4.69) is 38.7 Å². The van der Waals surface area contributed by atoms with Crippen molar-refractivity contribution in [3.8, 4) is 0 Å². The topological polar surface area (TPSA) is 60.2 Å². The van der Waals surface area contributed by atoms with Crippen LogP contribution in [0.15, 0.2) is 65.8 Å². The maximum Gasteiger partial charge on any atom is 0.324 e. The van der Waals surface area contributed by atoms with E-state index in [1.165, 1.54) is 11.8 Å². The summed E-state index contributed by atoms with van der Waals surface area (Å²) in [5.41, 5.74) is 2.05. The highest BCUT2D eigenvalue weighted by Gasteiger charge is 2.28. The number of carbonyl (C=O) groups is 1. The van der Waals surface area contributed by atoms with Crippen molar-refractivity contribution in [3.05, 3.63) is 77.6 Å². The zero-order valence-corrected chi connectivity index (χ0v) is 19.4. The van der Waals surface area contributed by atoms with Crippen LogP contribution in [-0.2, 0) is 16.1 Å². The second-order valence-corrected chi connectivity index (χ2v) is 8.53. The number of hydrogen-bond donors (Lipinski definition) is 0. The Hall–Kier alpha value is -2.64. The maximum atomic E-state index is 12.8. The van der Waals surface area contributed by atoms with E-state index < -0.39 is 5.25 Å². The Morgan fingerprint density at radius 2 is 1.68 bits per heavy atom.